The molecule has 3 aromatic rings. The molecule has 1 unspecified atom stereocenters. The van der Waals surface area contributed by atoms with Crippen molar-refractivity contribution in [3.8, 4) is 11.3 Å². The Balaban J connectivity index is 1.98. The molecule has 106 valence electrons. The van der Waals surface area contributed by atoms with Crippen LogP contribution in [0.1, 0.15) is 21.5 Å². The summed E-state index contributed by atoms with van der Waals surface area (Å²) in [7, 11) is 0. The van der Waals surface area contributed by atoms with Crippen molar-refractivity contribution in [2.75, 3.05) is 0 Å². The van der Waals surface area contributed by atoms with Gasteiger partial charge in [-0.05, 0) is 24.6 Å². The second-order valence-electron chi connectivity index (χ2n) is 4.86. The predicted molar refractivity (Wildman–Crippen MR) is 92.5 cm³/mol. The largest absolute Gasteiger partial charge is 0.318 e. The first-order chi connectivity index (χ1) is 10.1. The first kappa shape index (κ1) is 14.4. The van der Waals surface area contributed by atoms with E-state index in [9.17, 15) is 0 Å². The van der Waals surface area contributed by atoms with Crippen molar-refractivity contribution >= 4 is 27.3 Å². The zero-order valence-corrected chi connectivity index (χ0v) is 14.0. The van der Waals surface area contributed by atoms with Crippen LogP contribution >= 0.6 is 27.3 Å². The highest BCUT2D eigenvalue weighted by Crippen LogP contribution is 2.32. The molecule has 0 saturated heterocycles. The standard InChI is InChI=1S/C17H15BrN2S/c1-11-16(13-8-5-9-14(18)10-13)20-17(21-11)15(19)12-6-3-2-4-7-12/h2-10,15H,19H2,1H3. The van der Waals surface area contributed by atoms with Gasteiger partial charge in [-0.15, -0.1) is 11.3 Å². The lowest BCUT2D eigenvalue weighted by atomic mass is 10.1. The average molecular weight is 359 g/mol. The molecule has 4 heteroatoms. The molecule has 1 atom stereocenters. The van der Waals surface area contributed by atoms with Gasteiger partial charge in [0.25, 0.3) is 0 Å². The topological polar surface area (TPSA) is 38.9 Å². The van der Waals surface area contributed by atoms with Crippen LogP contribution in [-0.2, 0) is 0 Å². The summed E-state index contributed by atoms with van der Waals surface area (Å²) in [5.74, 6) is 0. The molecule has 0 bridgehead atoms. The van der Waals surface area contributed by atoms with Crippen LogP contribution in [0.4, 0.5) is 0 Å². The van der Waals surface area contributed by atoms with Gasteiger partial charge in [-0.2, -0.15) is 0 Å². The lowest BCUT2D eigenvalue weighted by Crippen LogP contribution is -2.11. The quantitative estimate of drug-likeness (QED) is 0.720. The maximum Gasteiger partial charge on any atom is 0.115 e. The van der Waals surface area contributed by atoms with Crippen LogP contribution in [0.5, 0.6) is 0 Å². The second-order valence-corrected chi connectivity index (χ2v) is 7.01. The number of hydrogen-bond donors (Lipinski definition) is 1. The van der Waals surface area contributed by atoms with Crippen LogP contribution in [0.25, 0.3) is 11.3 Å². The van der Waals surface area contributed by atoms with E-state index in [2.05, 4.69) is 35.0 Å². The van der Waals surface area contributed by atoms with E-state index >= 15 is 0 Å². The van der Waals surface area contributed by atoms with Gasteiger partial charge in [0.15, 0.2) is 0 Å². The number of aromatic nitrogens is 1. The Bertz CT molecular complexity index is 752. The van der Waals surface area contributed by atoms with Crippen LogP contribution in [0.3, 0.4) is 0 Å². The Morgan fingerprint density at radius 2 is 1.86 bits per heavy atom. The summed E-state index contributed by atoms with van der Waals surface area (Å²) in [5.41, 5.74) is 9.57. The Morgan fingerprint density at radius 1 is 1.10 bits per heavy atom. The molecule has 21 heavy (non-hydrogen) atoms. The Hall–Kier alpha value is -1.49. The van der Waals surface area contributed by atoms with Gasteiger partial charge >= 0.3 is 0 Å². The Morgan fingerprint density at radius 3 is 2.57 bits per heavy atom. The number of hydrogen-bond acceptors (Lipinski definition) is 3. The summed E-state index contributed by atoms with van der Waals surface area (Å²) in [5, 5.41) is 0.952. The normalized spacial score (nSPS) is 12.3. The van der Waals surface area contributed by atoms with E-state index in [4.69, 9.17) is 10.7 Å². The second kappa shape index (κ2) is 6.10. The summed E-state index contributed by atoms with van der Waals surface area (Å²) in [4.78, 5) is 5.96. The van der Waals surface area contributed by atoms with Gasteiger partial charge in [-0.25, -0.2) is 4.98 Å². The number of nitrogens with zero attached hydrogens (tertiary/aromatic N) is 1. The summed E-state index contributed by atoms with van der Waals surface area (Å²) in [6.07, 6.45) is 0. The maximum absolute atomic E-state index is 6.35. The fourth-order valence-electron chi connectivity index (χ4n) is 2.26. The van der Waals surface area contributed by atoms with Crippen LogP contribution in [0.15, 0.2) is 59.1 Å². The maximum atomic E-state index is 6.35. The molecule has 1 aromatic heterocycles. The number of benzene rings is 2. The van der Waals surface area contributed by atoms with Gasteiger partial charge in [0.2, 0.25) is 0 Å². The number of rotatable bonds is 3. The van der Waals surface area contributed by atoms with E-state index in [0.29, 0.717) is 0 Å². The highest BCUT2D eigenvalue weighted by molar-refractivity contribution is 9.10. The number of aryl methyl sites for hydroxylation is 1. The van der Waals surface area contributed by atoms with Gasteiger partial charge in [0, 0.05) is 14.9 Å². The van der Waals surface area contributed by atoms with E-state index in [0.717, 1.165) is 26.3 Å². The van der Waals surface area contributed by atoms with Gasteiger partial charge < -0.3 is 5.73 Å². The highest BCUT2D eigenvalue weighted by atomic mass is 79.9. The van der Waals surface area contributed by atoms with Gasteiger partial charge in [-0.3, -0.25) is 0 Å². The van der Waals surface area contributed by atoms with Crippen LogP contribution in [0.2, 0.25) is 0 Å². The molecule has 0 amide bonds. The minimum Gasteiger partial charge on any atom is -0.318 e. The number of nitrogens with two attached hydrogens (primary N) is 1. The van der Waals surface area contributed by atoms with Gasteiger partial charge in [0.05, 0.1) is 11.7 Å². The smallest absolute Gasteiger partial charge is 0.115 e. The highest BCUT2D eigenvalue weighted by Gasteiger charge is 2.16. The number of halogens is 1. The fraction of sp³-hybridized carbons (Fsp3) is 0.118. The summed E-state index contributed by atoms with van der Waals surface area (Å²) in [6, 6.07) is 18.1. The Labute approximate surface area is 136 Å². The zero-order chi connectivity index (χ0) is 14.8. The van der Waals surface area contributed by atoms with E-state index in [1.54, 1.807) is 11.3 Å². The summed E-state index contributed by atoms with van der Waals surface area (Å²) in [6.45, 7) is 2.09. The zero-order valence-electron chi connectivity index (χ0n) is 11.6. The fourth-order valence-corrected chi connectivity index (χ4v) is 3.63. The van der Waals surface area contributed by atoms with E-state index in [1.165, 1.54) is 4.88 Å². The molecule has 2 N–H and O–H groups in total. The molecule has 0 spiro atoms. The van der Waals surface area contributed by atoms with E-state index < -0.39 is 0 Å². The molecule has 0 fully saturated rings. The molecular formula is C17H15BrN2S. The lowest BCUT2D eigenvalue weighted by Gasteiger charge is -2.08. The number of thiazole rings is 1. The van der Waals surface area contributed by atoms with Crippen molar-refractivity contribution in [3.05, 3.63) is 74.5 Å². The van der Waals surface area contributed by atoms with Gasteiger partial charge in [-0.1, -0.05) is 58.4 Å². The molecule has 0 aliphatic heterocycles. The van der Waals surface area contributed by atoms with E-state index in [1.807, 2.05) is 42.5 Å². The van der Waals surface area contributed by atoms with Crippen LogP contribution in [0, 0.1) is 6.92 Å². The summed E-state index contributed by atoms with van der Waals surface area (Å²) < 4.78 is 1.06. The predicted octanol–water partition coefficient (Wildman–Crippen LogP) is 4.93. The molecule has 3 rings (SSSR count). The monoisotopic (exact) mass is 358 g/mol. The first-order valence-corrected chi connectivity index (χ1v) is 8.30. The van der Waals surface area contributed by atoms with Crippen molar-refractivity contribution in [2.24, 2.45) is 5.73 Å². The molecule has 0 saturated carbocycles. The SMILES string of the molecule is Cc1sc(C(N)c2ccccc2)nc1-c1cccc(Br)c1. The average Bonchev–Trinajstić information content (AvgIpc) is 2.89. The van der Waals surface area contributed by atoms with E-state index in [-0.39, 0.29) is 6.04 Å². The molecule has 0 aliphatic carbocycles. The first-order valence-electron chi connectivity index (χ1n) is 6.69. The lowest BCUT2D eigenvalue weighted by molar-refractivity contribution is 0.859. The minimum absolute atomic E-state index is 0.171. The van der Waals surface area contributed by atoms with Gasteiger partial charge in [0.1, 0.15) is 5.01 Å². The van der Waals surface area contributed by atoms with Crippen molar-refractivity contribution in [1.82, 2.24) is 4.98 Å². The molecule has 1 heterocycles. The van der Waals surface area contributed by atoms with Crippen molar-refractivity contribution in [3.63, 3.8) is 0 Å². The molecule has 2 aromatic carbocycles. The molecular weight excluding hydrogens is 344 g/mol. The molecule has 0 radical (unpaired) electrons. The van der Waals surface area contributed by atoms with Crippen LogP contribution < -0.4 is 5.73 Å². The third-order valence-electron chi connectivity index (χ3n) is 3.34. The summed E-state index contributed by atoms with van der Waals surface area (Å²) >= 11 is 5.17. The molecule has 2 nitrogen and oxygen atoms in total. The molecule has 0 aliphatic rings. The Kier molecular flexibility index (Phi) is 4.19. The van der Waals surface area contributed by atoms with Crippen LogP contribution in [-0.4, -0.2) is 4.98 Å². The third-order valence-corrected chi connectivity index (χ3v) is 4.88. The van der Waals surface area contributed by atoms with Crippen molar-refractivity contribution < 1.29 is 0 Å². The minimum atomic E-state index is -0.171. The van der Waals surface area contributed by atoms with Crippen molar-refractivity contribution in [1.29, 1.82) is 0 Å². The third kappa shape index (κ3) is 3.07. The van der Waals surface area contributed by atoms with Crippen molar-refractivity contribution in [2.45, 2.75) is 13.0 Å².